The lowest BCUT2D eigenvalue weighted by atomic mass is 9.91. The smallest absolute Gasteiger partial charge is 0.134 e. The Morgan fingerprint density at radius 3 is 2.79 bits per heavy atom. The topological polar surface area (TPSA) is 52.5 Å². The van der Waals surface area contributed by atoms with Gasteiger partial charge in [-0.25, -0.2) is 4.98 Å². The highest BCUT2D eigenvalue weighted by molar-refractivity contribution is 7.13. The number of thiazole rings is 1. The summed E-state index contributed by atoms with van der Waals surface area (Å²) in [6, 6.07) is 10.7. The number of hydrogen-bond donors (Lipinski definition) is 1. The highest BCUT2D eigenvalue weighted by Crippen LogP contribution is 2.37. The molecule has 0 bridgehead atoms. The molecule has 3 aromatic rings. The molecule has 3 nitrogen and oxygen atoms in total. The number of nitrogens with zero attached hydrogens (tertiary/aromatic N) is 2. The number of aromatic nitrogens is 2. The second-order valence-corrected chi connectivity index (χ2v) is 7.53. The Bertz CT molecular complexity index is 960. The van der Waals surface area contributed by atoms with Gasteiger partial charge in [-0.05, 0) is 44.2 Å². The van der Waals surface area contributed by atoms with Gasteiger partial charge in [0.25, 0.3) is 0 Å². The molecule has 1 aromatic carbocycles. The van der Waals surface area contributed by atoms with Crippen LogP contribution in [0.15, 0.2) is 36.0 Å². The molecule has 0 saturated heterocycles. The van der Waals surface area contributed by atoms with Gasteiger partial charge in [0.2, 0.25) is 0 Å². The number of aromatic amines is 1. The van der Waals surface area contributed by atoms with Crippen LogP contribution >= 0.6 is 11.3 Å². The molecule has 120 valence electrons. The minimum absolute atomic E-state index is 0.814. The molecular weight excluding hydrogens is 314 g/mol. The predicted octanol–water partition coefficient (Wildman–Crippen LogP) is 5.84. The third-order valence-corrected chi connectivity index (χ3v) is 5.77. The van der Waals surface area contributed by atoms with Crippen molar-refractivity contribution in [2.75, 3.05) is 0 Å². The van der Waals surface area contributed by atoms with Crippen molar-refractivity contribution in [2.45, 2.75) is 39.0 Å². The summed E-state index contributed by atoms with van der Waals surface area (Å²) in [5, 5.41) is 11.8. The average Bonchev–Trinajstić information content (AvgIpc) is 3.20. The van der Waals surface area contributed by atoms with E-state index in [-0.39, 0.29) is 0 Å². The summed E-state index contributed by atoms with van der Waals surface area (Å²) in [6.45, 7) is 2.10. The van der Waals surface area contributed by atoms with E-state index in [2.05, 4.69) is 30.1 Å². The number of nitrogens with one attached hydrogen (secondary N) is 1. The van der Waals surface area contributed by atoms with Gasteiger partial charge in [0, 0.05) is 27.5 Å². The molecule has 2 heterocycles. The van der Waals surface area contributed by atoms with Crippen molar-refractivity contribution in [3.8, 4) is 17.3 Å². The molecule has 1 aliphatic carbocycles. The van der Waals surface area contributed by atoms with E-state index in [1.165, 1.54) is 35.1 Å². The van der Waals surface area contributed by atoms with Gasteiger partial charge in [0.05, 0.1) is 11.3 Å². The Labute approximate surface area is 145 Å². The Morgan fingerprint density at radius 2 is 2.00 bits per heavy atom. The molecule has 0 spiro atoms. The number of fused-ring (bicyclic) bond motifs is 1. The quantitative estimate of drug-likeness (QED) is 0.599. The first-order valence-electron chi connectivity index (χ1n) is 8.44. The van der Waals surface area contributed by atoms with Crippen molar-refractivity contribution in [3.63, 3.8) is 0 Å². The summed E-state index contributed by atoms with van der Waals surface area (Å²) in [5.74, 6) is 0. The Kier molecular flexibility index (Phi) is 3.95. The van der Waals surface area contributed by atoms with Gasteiger partial charge in [-0.1, -0.05) is 24.6 Å². The van der Waals surface area contributed by atoms with Crippen LogP contribution in [0.5, 0.6) is 0 Å². The van der Waals surface area contributed by atoms with Crippen LogP contribution in [0.1, 0.15) is 42.0 Å². The van der Waals surface area contributed by atoms with E-state index in [0.29, 0.717) is 0 Å². The molecule has 24 heavy (non-hydrogen) atoms. The lowest BCUT2D eigenvalue weighted by Crippen LogP contribution is -1.97. The number of allylic oxidation sites excluding steroid dienone is 2. The van der Waals surface area contributed by atoms with Gasteiger partial charge in [0.1, 0.15) is 11.1 Å². The van der Waals surface area contributed by atoms with E-state index in [1.54, 1.807) is 11.3 Å². The fraction of sp³-hybridized carbons (Fsp3) is 0.300. The Balaban J connectivity index is 1.82. The van der Waals surface area contributed by atoms with Gasteiger partial charge < -0.3 is 4.98 Å². The predicted molar refractivity (Wildman–Crippen MR) is 99.8 cm³/mol. The molecule has 0 atom stereocenters. The van der Waals surface area contributed by atoms with E-state index in [1.807, 2.05) is 18.3 Å². The van der Waals surface area contributed by atoms with Crippen LogP contribution in [0, 0.1) is 18.3 Å². The first-order chi connectivity index (χ1) is 11.8. The van der Waals surface area contributed by atoms with E-state index in [4.69, 9.17) is 4.98 Å². The van der Waals surface area contributed by atoms with Crippen molar-refractivity contribution >= 4 is 27.8 Å². The number of nitriles is 1. The molecule has 4 heteroatoms. The molecule has 1 N–H and O–H groups in total. The Morgan fingerprint density at radius 1 is 1.21 bits per heavy atom. The van der Waals surface area contributed by atoms with Crippen LogP contribution in [0.3, 0.4) is 0 Å². The number of H-pyrrole nitrogens is 1. The second kappa shape index (κ2) is 6.26. The average molecular weight is 333 g/mol. The minimum Gasteiger partial charge on any atom is -0.360 e. The summed E-state index contributed by atoms with van der Waals surface area (Å²) in [5.41, 5.74) is 5.35. The molecule has 1 aliphatic rings. The van der Waals surface area contributed by atoms with Crippen molar-refractivity contribution < 1.29 is 0 Å². The van der Waals surface area contributed by atoms with Gasteiger partial charge in [0.15, 0.2) is 0 Å². The zero-order valence-corrected chi connectivity index (χ0v) is 14.5. The monoisotopic (exact) mass is 333 g/mol. The highest BCUT2D eigenvalue weighted by atomic mass is 32.1. The van der Waals surface area contributed by atoms with E-state index < -0.39 is 0 Å². The largest absolute Gasteiger partial charge is 0.360 e. The maximum absolute atomic E-state index is 9.69. The van der Waals surface area contributed by atoms with Gasteiger partial charge >= 0.3 is 0 Å². The molecule has 0 radical (unpaired) electrons. The first-order valence-corrected chi connectivity index (χ1v) is 9.26. The summed E-state index contributed by atoms with van der Waals surface area (Å²) < 4.78 is 0. The molecular formula is C20H19N3S. The molecule has 2 aromatic heterocycles. The second-order valence-electron chi connectivity index (χ2n) is 6.32. The van der Waals surface area contributed by atoms with Gasteiger partial charge in [-0.15, -0.1) is 11.3 Å². The van der Waals surface area contributed by atoms with Crippen molar-refractivity contribution in [1.82, 2.24) is 9.97 Å². The summed E-state index contributed by atoms with van der Waals surface area (Å²) >= 11 is 1.64. The number of benzene rings is 1. The Hall–Kier alpha value is -2.38. The summed E-state index contributed by atoms with van der Waals surface area (Å²) in [6.07, 6.45) is 7.78. The zero-order chi connectivity index (χ0) is 16.5. The van der Waals surface area contributed by atoms with E-state index in [9.17, 15) is 5.26 Å². The zero-order valence-electron chi connectivity index (χ0n) is 13.7. The molecule has 1 saturated carbocycles. The van der Waals surface area contributed by atoms with E-state index >= 15 is 0 Å². The number of hydrogen-bond acceptors (Lipinski definition) is 3. The SMILES string of the molecule is Cc1sc(C(C#N)=C2CCCCC2)nc1-c1c[nH]c2ccccc12. The third-order valence-electron chi connectivity index (χ3n) is 4.78. The first kappa shape index (κ1) is 15.2. The van der Waals surface area contributed by atoms with Crippen LogP contribution in [-0.2, 0) is 0 Å². The number of aryl methyl sites for hydroxylation is 1. The van der Waals surface area contributed by atoms with Crippen molar-refractivity contribution in [2.24, 2.45) is 0 Å². The highest BCUT2D eigenvalue weighted by Gasteiger charge is 2.19. The van der Waals surface area contributed by atoms with Crippen LogP contribution in [0.4, 0.5) is 0 Å². The standard InChI is InChI=1S/C20H19N3S/c1-13-19(17-12-22-18-10-6-5-9-15(17)18)23-20(24-13)16(11-21)14-7-3-2-4-8-14/h5-6,9-10,12,22H,2-4,7-8H2,1H3. The fourth-order valence-corrected chi connectivity index (χ4v) is 4.50. The number of rotatable bonds is 2. The van der Waals surface area contributed by atoms with Crippen LogP contribution in [-0.4, -0.2) is 9.97 Å². The molecule has 0 amide bonds. The molecule has 0 aliphatic heterocycles. The van der Waals surface area contributed by atoms with Gasteiger partial charge in [-0.2, -0.15) is 5.26 Å². The summed E-state index contributed by atoms with van der Waals surface area (Å²) in [4.78, 5) is 9.35. The summed E-state index contributed by atoms with van der Waals surface area (Å²) in [7, 11) is 0. The third kappa shape index (κ3) is 2.55. The normalized spacial score (nSPS) is 14.8. The van der Waals surface area contributed by atoms with Crippen molar-refractivity contribution in [3.05, 3.63) is 45.9 Å². The molecule has 1 fully saturated rings. The van der Waals surface area contributed by atoms with Crippen LogP contribution in [0.2, 0.25) is 0 Å². The van der Waals surface area contributed by atoms with E-state index in [0.717, 1.165) is 40.2 Å². The molecule has 4 rings (SSSR count). The lowest BCUT2D eigenvalue weighted by Gasteiger charge is -2.14. The molecule has 0 unspecified atom stereocenters. The van der Waals surface area contributed by atoms with Crippen LogP contribution < -0.4 is 0 Å². The van der Waals surface area contributed by atoms with Crippen LogP contribution in [0.25, 0.3) is 27.7 Å². The minimum atomic E-state index is 0.814. The van der Waals surface area contributed by atoms with Gasteiger partial charge in [-0.3, -0.25) is 0 Å². The maximum Gasteiger partial charge on any atom is 0.134 e. The van der Waals surface area contributed by atoms with Crippen molar-refractivity contribution in [1.29, 1.82) is 5.26 Å². The fourth-order valence-electron chi connectivity index (χ4n) is 3.53. The number of para-hydroxylation sites is 1. The maximum atomic E-state index is 9.69. The lowest BCUT2D eigenvalue weighted by molar-refractivity contribution is 0.601.